The number of pyridine rings is 1. The Hall–Kier alpha value is -0.810. The molecule has 0 aromatic carbocycles. The predicted octanol–water partition coefficient (Wildman–Crippen LogP) is 2.01. The van der Waals surface area contributed by atoms with Crippen molar-refractivity contribution in [3.63, 3.8) is 0 Å². The fourth-order valence-corrected chi connectivity index (χ4v) is 1.11. The van der Waals surface area contributed by atoms with Crippen LogP contribution in [0.1, 0.15) is 5.56 Å². The molecule has 0 saturated heterocycles. The smallest absolute Gasteiger partial charge is 0.264 e. The summed E-state index contributed by atoms with van der Waals surface area (Å²) in [5, 5.41) is -0.125. The SMILES string of the molecule is NCC(F)(F)Cc1cc(F)cnc1Cl. The quantitative estimate of drug-likeness (QED) is 0.798. The number of aromatic nitrogens is 1. The van der Waals surface area contributed by atoms with Crippen molar-refractivity contribution in [2.45, 2.75) is 12.3 Å². The van der Waals surface area contributed by atoms with Crippen LogP contribution in [0.15, 0.2) is 12.3 Å². The van der Waals surface area contributed by atoms with E-state index in [2.05, 4.69) is 4.98 Å². The van der Waals surface area contributed by atoms with Crippen LogP contribution in [0.5, 0.6) is 0 Å². The van der Waals surface area contributed by atoms with Crippen molar-refractivity contribution in [3.8, 4) is 0 Å². The molecule has 1 heterocycles. The second-order valence-electron chi connectivity index (χ2n) is 2.84. The lowest BCUT2D eigenvalue weighted by Crippen LogP contribution is -2.30. The zero-order chi connectivity index (χ0) is 10.8. The minimum absolute atomic E-state index is 0.0397. The lowest BCUT2D eigenvalue weighted by atomic mass is 10.1. The van der Waals surface area contributed by atoms with Crippen LogP contribution >= 0.6 is 11.6 Å². The van der Waals surface area contributed by atoms with Gasteiger partial charge in [0.1, 0.15) is 11.0 Å². The summed E-state index contributed by atoms with van der Waals surface area (Å²) in [5.74, 6) is -3.78. The highest BCUT2D eigenvalue weighted by Gasteiger charge is 2.28. The minimum Gasteiger partial charge on any atom is -0.325 e. The summed E-state index contributed by atoms with van der Waals surface area (Å²) in [4.78, 5) is 3.41. The Morgan fingerprint density at radius 2 is 2.14 bits per heavy atom. The first kappa shape index (κ1) is 11.3. The van der Waals surface area contributed by atoms with E-state index in [0.29, 0.717) is 0 Å². The number of halogens is 4. The van der Waals surface area contributed by atoms with Gasteiger partial charge in [-0.05, 0) is 11.6 Å². The maximum absolute atomic E-state index is 12.8. The van der Waals surface area contributed by atoms with E-state index in [-0.39, 0.29) is 10.7 Å². The molecule has 78 valence electrons. The minimum atomic E-state index is -3.08. The summed E-state index contributed by atoms with van der Waals surface area (Å²) in [6.45, 7) is -0.806. The van der Waals surface area contributed by atoms with E-state index in [1.54, 1.807) is 0 Å². The Kier molecular flexibility index (Phi) is 3.34. The molecule has 1 aromatic rings. The van der Waals surface area contributed by atoms with Gasteiger partial charge in [-0.2, -0.15) is 0 Å². The molecule has 0 spiro atoms. The molecule has 0 atom stereocenters. The van der Waals surface area contributed by atoms with E-state index in [4.69, 9.17) is 17.3 Å². The average molecular weight is 225 g/mol. The van der Waals surface area contributed by atoms with Gasteiger partial charge in [0.15, 0.2) is 0 Å². The molecule has 14 heavy (non-hydrogen) atoms. The predicted molar refractivity (Wildman–Crippen MR) is 46.9 cm³/mol. The lowest BCUT2D eigenvalue weighted by molar-refractivity contribution is 0.0114. The van der Waals surface area contributed by atoms with Gasteiger partial charge in [0.25, 0.3) is 5.92 Å². The van der Waals surface area contributed by atoms with E-state index in [9.17, 15) is 13.2 Å². The largest absolute Gasteiger partial charge is 0.325 e. The molecular formula is C8H8ClF3N2. The van der Waals surface area contributed by atoms with Gasteiger partial charge < -0.3 is 5.73 Å². The molecular weight excluding hydrogens is 217 g/mol. The molecule has 0 radical (unpaired) electrons. The molecule has 1 aromatic heterocycles. The molecule has 2 nitrogen and oxygen atoms in total. The van der Waals surface area contributed by atoms with Crippen LogP contribution in [0.2, 0.25) is 5.15 Å². The Morgan fingerprint density at radius 1 is 1.50 bits per heavy atom. The summed E-state index contributed by atoms with van der Waals surface area (Å²) in [6.07, 6.45) is 0.166. The van der Waals surface area contributed by atoms with Gasteiger partial charge in [0.2, 0.25) is 0 Å². The normalized spacial score (nSPS) is 11.8. The number of nitrogens with zero attached hydrogens (tertiary/aromatic N) is 1. The standard InChI is InChI=1S/C8H8ClF3N2/c9-7-5(1-6(10)3-14-7)2-8(11,12)4-13/h1,3H,2,4,13H2. The molecule has 6 heteroatoms. The Balaban J connectivity index is 2.91. The van der Waals surface area contributed by atoms with E-state index in [1.807, 2.05) is 0 Å². The van der Waals surface area contributed by atoms with E-state index in [1.165, 1.54) is 0 Å². The second kappa shape index (κ2) is 4.14. The third-order valence-corrected chi connectivity index (χ3v) is 1.97. The maximum atomic E-state index is 12.8. The van der Waals surface area contributed by atoms with Crippen LogP contribution in [0.25, 0.3) is 0 Å². The number of rotatable bonds is 3. The molecule has 0 aliphatic heterocycles. The Bertz CT molecular complexity index is 330. The molecule has 0 amide bonds. The molecule has 2 N–H and O–H groups in total. The van der Waals surface area contributed by atoms with Gasteiger partial charge in [-0.15, -0.1) is 0 Å². The van der Waals surface area contributed by atoms with Gasteiger partial charge in [-0.3, -0.25) is 0 Å². The molecule has 0 fully saturated rings. The molecule has 0 saturated carbocycles. The second-order valence-corrected chi connectivity index (χ2v) is 3.20. The summed E-state index contributed by atoms with van der Waals surface area (Å²) < 4.78 is 38.3. The first-order chi connectivity index (χ1) is 6.44. The van der Waals surface area contributed by atoms with Crippen LogP contribution < -0.4 is 5.73 Å². The van der Waals surface area contributed by atoms with Gasteiger partial charge in [0.05, 0.1) is 12.7 Å². The Labute approximate surface area is 83.9 Å². The molecule has 0 bridgehead atoms. The van der Waals surface area contributed by atoms with Crippen molar-refractivity contribution in [1.82, 2.24) is 4.98 Å². The van der Waals surface area contributed by atoms with Crippen LogP contribution in [-0.4, -0.2) is 17.5 Å². The van der Waals surface area contributed by atoms with Crippen LogP contribution in [0.3, 0.4) is 0 Å². The maximum Gasteiger partial charge on any atom is 0.264 e. The summed E-state index contributed by atoms with van der Waals surface area (Å²) >= 11 is 5.51. The van der Waals surface area contributed by atoms with Crippen LogP contribution in [0.4, 0.5) is 13.2 Å². The number of hydrogen-bond donors (Lipinski definition) is 1. The average Bonchev–Trinajstić information content (AvgIpc) is 2.11. The third kappa shape index (κ3) is 2.85. The summed E-state index contributed by atoms with van der Waals surface area (Å²) in [6, 6.07) is 0.929. The molecule has 0 aliphatic carbocycles. The zero-order valence-corrected chi connectivity index (χ0v) is 7.86. The molecule has 1 rings (SSSR count). The van der Waals surface area contributed by atoms with Gasteiger partial charge in [-0.1, -0.05) is 11.6 Å². The first-order valence-corrected chi connectivity index (χ1v) is 4.20. The number of alkyl halides is 2. The van der Waals surface area contributed by atoms with Crippen molar-refractivity contribution < 1.29 is 13.2 Å². The van der Waals surface area contributed by atoms with Crippen LogP contribution in [0, 0.1) is 5.82 Å². The highest BCUT2D eigenvalue weighted by atomic mass is 35.5. The number of hydrogen-bond acceptors (Lipinski definition) is 2. The summed E-state index contributed by atoms with van der Waals surface area (Å²) in [5.41, 5.74) is 4.80. The van der Waals surface area contributed by atoms with Crippen molar-refractivity contribution in [1.29, 1.82) is 0 Å². The molecule has 0 aliphatic rings. The summed E-state index contributed by atoms with van der Waals surface area (Å²) in [7, 11) is 0. The van der Waals surface area contributed by atoms with Gasteiger partial charge in [0, 0.05) is 6.42 Å². The van der Waals surface area contributed by atoms with Crippen molar-refractivity contribution in [3.05, 3.63) is 28.8 Å². The van der Waals surface area contributed by atoms with E-state index >= 15 is 0 Å². The van der Waals surface area contributed by atoms with Crippen molar-refractivity contribution in [2.24, 2.45) is 5.73 Å². The number of nitrogens with two attached hydrogens (primary N) is 1. The van der Waals surface area contributed by atoms with Gasteiger partial charge in [-0.25, -0.2) is 18.2 Å². The lowest BCUT2D eigenvalue weighted by Gasteiger charge is -2.13. The zero-order valence-electron chi connectivity index (χ0n) is 7.11. The highest BCUT2D eigenvalue weighted by molar-refractivity contribution is 6.30. The fraction of sp³-hybridized carbons (Fsp3) is 0.375. The first-order valence-electron chi connectivity index (χ1n) is 3.82. The highest BCUT2D eigenvalue weighted by Crippen LogP contribution is 2.23. The van der Waals surface area contributed by atoms with Gasteiger partial charge >= 0.3 is 0 Å². The fourth-order valence-electron chi connectivity index (χ4n) is 0.939. The monoisotopic (exact) mass is 224 g/mol. The van der Waals surface area contributed by atoms with Crippen molar-refractivity contribution >= 4 is 11.6 Å². The third-order valence-electron chi connectivity index (χ3n) is 1.63. The van der Waals surface area contributed by atoms with E-state index < -0.39 is 24.7 Å². The van der Waals surface area contributed by atoms with E-state index in [0.717, 1.165) is 12.3 Å². The Morgan fingerprint density at radius 3 is 2.71 bits per heavy atom. The molecule has 0 unspecified atom stereocenters. The van der Waals surface area contributed by atoms with Crippen LogP contribution in [-0.2, 0) is 6.42 Å². The van der Waals surface area contributed by atoms with Crippen molar-refractivity contribution in [2.75, 3.05) is 6.54 Å². The topological polar surface area (TPSA) is 38.9 Å².